The smallest absolute Gasteiger partial charge is 0.224 e. The summed E-state index contributed by atoms with van der Waals surface area (Å²) in [6.45, 7) is 0.400. The Morgan fingerprint density at radius 3 is 2.29 bits per heavy atom. The molecule has 21 heavy (non-hydrogen) atoms. The molecule has 1 N–H and O–H groups in total. The third-order valence-corrected chi connectivity index (χ3v) is 3.07. The third kappa shape index (κ3) is 4.61. The van der Waals surface area contributed by atoms with Gasteiger partial charge in [0, 0.05) is 20.0 Å². The molecule has 0 fully saturated rings. The molecule has 110 valence electrons. The van der Waals surface area contributed by atoms with Crippen LogP contribution in [-0.4, -0.2) is 29.6 Å². The zero-order valence-corrected chi connectivity index (χ0v) is 12.0. The molecule has 0 aliphatic carbocycles. The van der Waals surface area contributed by atoms with Gasteiger partial charge < -0.3 is 14.7 Å². The van der Waals surface area contributed by atoms with Gasteiger partial charge >= 0.3 is 0 Å². The average Bonchev–Trinajstić information content (AvgIpc) is 2.50. The predicted molar refractivity (Wildman–Crippen MR) is 81.1 cm³/mol. The van der Waals surface area contributed by atoms with Gasteiger partial charge in [0.1, 0.15) is 11.5 Å². The maximum atomic E-state index is 11.6. The van der Waals surface area contributed by atoms with Crippen molar-refractivity contribution in [2.75, 3.05) is 13.7 Å². The zero-order chi connectivity index (χ0) is 15.1. The van der Waals surface area contributed by atoms with Crippen LogP contribution in [0, 0.1) is 0 Å². The van der Waals surface area contributed by atoms with Gasteiger partial charge in [-0.15, -0.1) is 0 Å². The zero-order valence-electron chi connectivity index (χ0n) is 12.0. The molecule has 2 aromatic rings. The van der Waals surface area contributed by atoms with E-state index in [1.54, 1.807) is 11.9 Å². The van der Waals surface area contributed by atoms with E-state index in [1.165, 1.54) is 0 Å². The van der Waals surface area contributed by atoms with Crippen LogP contribution in [0.2, 0.25) is 0 Å². The fraction of sp³-hybridized carbons (Fsp3) is 0.235. The summed E-state index contributed by atoms with van der Waals surface area (Å²) < 4.78 is 5.71. The van der Waals surface area contributed by atoms with E-state index in [-0.39, 0.29) is 18.9 Å². The summed E-state index contributed by atoms with van der Waals surface area (Å²) in [6.07, 6.45) is 0.158. The highest BCUT2D eigenvalue weighted by Gasteiger charge is 2.08. The van der Waals surface area contributed by atoms with Gasteiger partial charge in [-0.05, 0) is 29.8 Å². The van der Waals surface area contributed by atoms with Gasteiger partial charge in [-0.3, -0.25) is 4.79 Å². The summed E-state index contributed by atoms with van der Waals surface area (Å²) in [4.78, 5) is 13.2. The number of amides is 1. The molecule has 0 atom stereocenters. The number of rotatable bonds is 6. The first-order chi connectivity index (χ1) is 10.2. The molecule has 0 saturated heterocycles. The van der Waals surface area contributed by atoms with Crippen LogP contribution in [0.3, 0.4) is 0 Å². The molecule has 0 heterocycles. The van der Waals surface area contributed by atoms with E-state index >= 15 is 0 Å². The Bertz CT molecular complexity index is 566. The molecule has 0 aliphatic heterocycles. The molecule has 0 unspecified atom stereocenters. The molecule has 4 nitrogen and oxygen atoms in total. The van der Waals surface area contributed by atoms with Crippen molar-refractivity contribution >= 4 is 5.91 Å². The Labute approximate surface area is 124 Å². The van der Waals surface area contributed by atoms with Crippen molar-refractivity contribution in [3.63, 3.8) is 0 Å². The number of ether oxygens (including phenoxy) is 1. The van der Waals surface area contributed by atoms with Gasteiger partial charge in [-0.25, -0.2) is 0 Å². The Morgan fingerprint density at radius 1 is 1.05 bits per heavy atom. The van der Waals surface area contributed by atoms with Crippen molar-refractivity contribution in [1.29, 1.82) is 0 Å². The first kappa shape index (κ1) is 15.1. The summed E-state index contributed by atoms with van der Waals surface area (Å²) in [5.41, 5.74) is 1.02. The summed E-state index contributed by atoms with van der Waals surface area (Å²) >= 11 is 0. The van der Waals surface area contributed by atoms with Gasteiger partial charge in [0.2, 0.25) is 5.91 Å². The normalized spacial score (nSPS) is 10.2. The molecule has 1 amide bonds. The number of para-hydroxylation sites is 1. The second kappa shape index (κ2) is 7.45. The minimum absolute atomic E-state index is 0.0675. The molecule has 2 rings (SSSR count). The number of aliphatic hydroxyl groups excluding tert-OH is 1. The van der Waals surface area contributed by atoms with Crippen molar-refractivity contribution < 1.29 is 14.6 Å². The lowest BCUT2D eigenvalue weighted by atomic mass is 10.2. The van der Waals surface area contributed by atoms with E-state index in [4.69, 9.17) is 9.84 Å². The van der Waals surface area contributed by atoms with E-state index in [1.807, 2.05) is 54.6 Å². The molecule has 0 bridgehead atoms. The van der Waals surface area contributed by atoms with Crippen LogP contribution in [-0.2, 0) is 11.3 Å². The number of carbonyl (C=O) groups excluding carboxylic acids is 1. The number of benzene rings is 2. The third-order valence-electron chi connectivity index (χ3n) is 3.07. The second-order valence-corrected chi connectivity index (χ2v) is 4.78. The summed E-state index contributed by atoms with van der Waals surface area (Å²) in [5, 5.41) is 8.76. The average molecular weight is 285 g/mol. The molecule has 0 aliphatic rings. The highest BCUT2D eigenvalue weighted by molar-refractivity contribution is 5.75. The maximum Gasteiger partial charge on any atom is 0.224 e. The molecule has 4 heteroatoms. The fourth-order valence-corrected chi connectivity index (χ4v) is 1.94. The monoisotopic (exact) mass is 285 g/mol. The molecule has 0 aromatic heterocycles. The van der Waals surface area contributed by atoms with Crippen molar-refractivity contribution in [3.05, 3.63) is 60.2 Å². The number of aliphatic hydroxyl groups is 1. The SMILES string of the molecule is CN(Cc1ccc(Oc2ccccc2)cc1)C(=O)CCO. The van der Waals surface area contributed by atoms with Gasteiger partial charge in [0.05, 0.1) is 6.61 Å². The largest absolute Gasteiger partial charge is 0.457 e. The van der Waals surface area contributed by atoms with E-state index in [0.717, 1.165) is 17.1 Å². The lowest BCUT2D eigenvalue weighted by Gasteiger charge is -2.17. The minimum atomic E-state index is -0.118. The number of nitrogens with zero attached hydrogens (tertiary/aromatic N) is 1. The summed E-state index contributed by atoms with van der Waals surface area (Å²) in [5.74, 6) is 1.48. The van der Waals surface area contributed by atoms with Crippen molar-refractivity contribution in [1.82, 2.24) is 4.90 Å². The Morgan fingerprint density at radius 2 is 1.67 bits per heavy atom. The highest BCUT2D eigenvalue weighted by atomic mass is 16.5. The first-order valence-electron chi connectivity index (χ1n) is 6.85. The lowest BCUT2D eigenvalue weighted by Crippen LogP contribution is -2.26. The Kier molecular flexibility index (Phi) is 5.35. The van der Waals surface area contributed by atoms with Crippen LogP contribution < -0.4 is 4.74 Å². The van der Waals surface area contributed by atoms with Crippen LogP contribution in [0.5, 0.6) is 11.5 Å². The van der Waals surface area contributed by atoms with Crippen molar-refractivity contribution in [2.45, 2.75) is 13.0 Å². The quantitative estimate of drug-likeness (QED) is 0.888. The highest BCUT2D eigenvalue weighted by Crippen LogP contribution is 2.21. The van der Waals surface area contributed by atoms with Crippen LogP contribution in [0.25, 0.3) is 0 Å². The van der Waals surface area contributed by atoms with Crippen molar-refractivity contribution in [2.24, 2.45) is 0 Å². The lowest BCUT2D eigenvalue weighted by molar-refractivity contribution is -0.131. The van der Waals surface area contributed by atoms with Gasteiger partial charge in [0.25, 0.3) is 0 Å². The standard InChI is InChI=1S/C17H19NO3/c1-18(17(20)11-12-19)13-14-7-9-16(10-8-14)21-15-5-3-2-4-6-15/h2-10,19H,11-13H2,1H3. The van der Waals surface area contributed by atoms with E-state index in [2.05, 4.69) is 0 Å². The summed E-state index contributed by atoms with van der Waals surface area (Å²) in [7, 11) is 1.73. The Hall–Kier alpha value is -2.33. The molecule has 0 saturated carbocycles. The van der Waals surface area contributed by atoms with Gasteiger partial charge in [0.15, 0.2) is 0 Å². The van der Waals surface area contributed by atoms with Gasteiger partial charge in [-0.2, -0.15) is 0 Å². The Balaban J connectivity index is 1.94. The number of hydrogen-bond acceptors (Lipinski definition) is 3. The summed E-state index contributed by atoms with van der Waals surface area (Å²) in [6, 6.07) is 17.2. The van der Waals surface area contributed by atoms with Crippen LogP contribution in [0.1, 0.15) is 12.0 Å². The van der Waals surface area contributed by atoms with E-state index in [9.17, 15) is 4.79 Å². The molecular weight excluding hydrogens is 266 g/mol. The molecular formula is C17H19NO3. The van der Waals surface area contributed by atoms with Crippen molar-refractivity contribution in [3.8, 4) is 11.5 Å². The fourth-order valence-electron chi connectivity index (χ4n) is 1.94. The first-order valence-corrected chi connectivity index (χ1v) is 6.85. The minimum Gasteiger partial charge on any atom is -0.457 e. The topological polar surface area (TPSA) is 49.8 Å². The second-order valence-electron chi connectivity index (χ2n) is 4.78. The molecule has 0 spiro atoms. The van der Waals surface area contributed by atoms with Crippen LogP contribution >= 0.6 is 0 Å². The number of hydrogen-bond donors (Lipinski definition) is 1. The van der Waals surface area contributed by atoms with E-state index < -0.39 is 0 Å². The number of carbonyl (C=O) groups is 1. The molecule has 2 aromatic carbocycles. The predicted octanol–water partition coefficient (Wildman–Crippen LogP) is 2.82. The van der Waals surface area contributed by atoms with Gasteiger partial charge in [-0.1, -0.05) is 30.3 Å². The maximum absolute atomic E-state index is 11.6. The van der Waals surface area contributed by atoms with Crippen LogP contribution in [0.15, 0.2) is 54.6 Å². The van der Waals surface area contributed by atoms with E-state index in [0.29, 0.717) is 6.54 Å². The molecule has 0 radical (unpaired) electrons. The van der Waals surface area contributed by atoms with Crippen LogP contribution in [0.4, 0.5) is 0 Å².